The Morgan fingerprint density at radius 1 is 1.43 bits per heavy atom. The molecule has 0 spiro atoms. The van der Waals surface area contributed by atoms with Crippen molar-refractivity contribution in [2.24, 2.45) is 0 Å². The number of hydrogen-bond acceptors (Lipinski definition) is 4. The van der Waals surface area contributed by atoms with E-state index in [-0.39, 0.29) is 5.56 Å². The molecule has 1 heterocycles. The van der Waals surface area contributed by atoms with Gasteiger partial charge in [0.05, 0.1) is 12.7 Å². The molecule has 0 atom stereocenters. The maximum absolute atomic E-state index is 13.9. The van der Waals surface area contributed by atoms with Crippen molar-refractivity contribution < 1.29 is 13.9 Å². The van der Waals surface area contributed by atoms with Crippen molar-refractivity contribution >= 4 is 5.97 Å². The van der Waals surface area contributed by atoms with Crippen LogP contribution in [0.1, 0.15) is 28.8 Å². The van der Waals surface area contributed by atoms with Gasteiger partial charge in [-0.3, -0.25) is 4.90 Å². The van der Waals surface area contributed by atoms with Crippen LogP contribution in [0.4, 0.5) is 4.39 Å². The quantitative estimate of drug-likeness (QED) is 0.797. The third-order valence-corrected chi connectivity index (χ3v) is 4.18. The molecular formula is C16H23FN2O2. The van der Waals surface area contributed by atoms with Crippen LogP contribution in [0.15, 0.2) is 18.2 Å². The fourth-order valence-corrected chi connectivity index (χ4v) is 2.79. The van der Waals surface area contributed by atoms with Gasteiger partial charge in [-0.2, -0.15) is 0 Å². The van der Waals surface area contributed by atoms with Crippen LogP contribution in [-0.4, -0.2) is 56.1 Å². The third kappa shape index (κ3) is 4.02. The van der Waals surface area contributed by atoms with Crippen LogP contribution in [-0.2, 0) is 11.3 Å². The van der Waals surface area contributed by atoms with Crippen LogP contribution < -0.4 is 0 Å². The van der Waals surface area contributed by atoms with E-state index < -0.39 is 11.8 Å². The van der Waals surface area contributed by atoms with Gasteiger partial charge < -0.3 is 9.64 Å². The van der Waals surface area contributed by atoms with Crippen molar-refractivity contribution in [3.05, 3.63) is 35.1 Å². The molecule has 116 valence electrons. The first-order valence-corrected chi connectivity index (χ1v) is 7.26. The van der Waals surface area contributed by atoms with Crippen LogP contribution >= 0.6 is 0 Å². The summed E-state index contributed by atoms with van der Waals surface area (Å²) in [5.41, 5.74) is 0.866. The van der Waals surface area contributed by atoms with Gasteiger partial charge in [-0.1, -0.05) is 6.07 Å². The van der Waals surface area contributed by atoms with Crippen molar-refractivity contribution in [1.29, 1.82) is 0 Å². The molecule has 1 aromatic rings. The molecule has 1 fully saturated rings. The van der Waals surface area contributed by atoms with Gasteiger partial charge in [-0.15, -0.1) is 0 Å². The number of nitrogens with zero attached hydrogens (tertiary/aromatic N) is 2. The first-order chi connectivity index (χ1) is 10.0. The molecule has 21 heavy (non-hydrogen) atoms. The average Bonchev–Trinajstić information content (AvgIpc) is 2.47. The van der Waals surface area contributed by atoms with Gasteiger partial charge in [0.1, 0.15) is 5.82 Å². The summed E-state index contributed by atoms with van der Waals surface area (Å²) in [6.07, 6.45) is 2.27. The standard InChI is InChI=1S/C16H23FN2O2/c1-18-8-6-13(7-9-18)19(2)11-12-4-5-14(15(17)10-12)16(20)21-3/h4-5,10,13H,6-9,11H2,1-3H3. The van der Waals surface area contributed by atoms with Gasteiger partial charge in [0.2, 0.25) is 0 Å². The zero-order valence-corrected chi connectivity index (χ0v) is 12.9. The second kappa shape index (κ2) is 7.00. The zero-order valence-electron chi connectivity index (χ0n) is 12.9. The lowest BCUT2D eigenvalue weighted by Gasteiger charge is -2.35. The summed E-state index contributed by atoms with van der Waals surface area (Å²) >= 11 is 0. The lowest BCUT2D eigenvalue weighted by molar-refractivity contribution is 0.0595. The van der Waals surface area contributed by atoms with Gasteiger partial charge in [0.25, 0.3) is 0 Å². The molecular weight excluding hydrogens is 271 g/mol. The highest BCUT2D eigenvalue weighted by Crippen LogP contribution is 2.18. The molecule has 1 aliphatic rings. The number of esters is 1. The van der Waals surface area contributed by atoms with E-state index in [9.17, 15) is 9.18 Å². The summed E-state index contributed by atoms with van der Waals surface area (Å²) in [5, 5.41) is 0. The van der Waals surface area contributed by atoms with Crippen molar-refractivity contribution in [1.82, 2.24) is 9.80 Å². The Balaban J connectivity index is 1.99. The zero-order chi connectivity index (χ0) is 15.4. The number of halogens is 1. The molecule has 4 nitrogen and oxygen atoms in total. The average molecular weight is 294 g/mol. The fraction of sp³-hybridized carbons (Fsp3) is 0.562. The van der Waals surface area contributed by atoms with Crippen molar-refractivity contribution in [2.75, 3.05) is 34.3 Å². The predicted molar refractivity (Wildman–Crippen MR) is 79.7 cm³/mol. The lowest BCUT2D eigenvalue weighted by Crippen LogP contribution is -2.41. The summed E-state index contributed by atoms with van der Waals surface area (Å²) in [6, 6.07) is 5.25. The van der Waals surface area contributed by atoms with Gasteiger partial charge in [0, 0.05) is 12.6 Å². The number of benzene rings is 1. The molecule has 0 aromatic heterocycles. The lowest BCUT2D eigenvalue weighted by atomic mass is 10.0. The maximum atomic E-state index is 13.9. The molecule has 5 heteroatoms. The van der Waals surface area contributed by atoms with Crippen LogP contribution in [0.5, 0.6) is 0 Å². The Bertz CT molecular complexity index is 499. The summed E-state index contributed by atoms with van der Waals surface area (Å²) in [5.74, 6) is -1.15. The van der Waals surface area contributed by atoms with Crippen LogP contribution in [0.2, 0.25) is 0 Å². The van der Waals surface area contributed by atoms with E-state index >= 15 is 0 Å². The topological polar surface area (TPSA) is 32.8 Å². The van der Waals surface area contributed by atoms with Gasteiger partial charge in [-0.25, -0.2) is 9.18 Å². The second-order valence-corrected chi connectivity index (χ2v) is 5.76. The minimum atomic E-state index is -0.636. The molecule has 0 N–H and O–H groups in total. The van der Waals surface area contributed by atoms with Gasteiger partial charge in [0.15, 0.2) is 0 Å². The number of likely N-dealkylation sites (tertiary alicyclic amines) is 1. The molecule has 0 bridgehead atoms. The van der Waals surface area contributed by atoms with Crippen LogP contribution in [0.25, 0.3) is 0 Å². The highest BCUT2D eigenvalue weighted by molar-refractivity contribution is 5.89. The fourth-order valence-electron chi connectivity index (χ4n) is 2.79. The molecule has 0 saturated carbocycles. The second-order valence-electron chi connectivity index (χ2n) is 5.76. The third-order valence-electron chi connectivity index (χ3n) is 4.18. The molecule has 1 aliphatic heterocycles. The number of rotatable bonds is 4. The number of methoxy groups -OCH3 is 1. The van der Waals surface area contributed by atoms with Crippen molar-refractivity contribution in [3.63, 3.8) is 0 Å². The SMILES string of the molecule is COC(=O)c1ccc(CN(C)C2CCN(C)CC2)cc1F. The minimum Gasteiger partial charge on any atom is -0.465 e. The Morgan fingerprint density at radius 3 is 2.67 bits per heavy atom. The van der Waals surface area contributed by atoms with E-state index in [1.54, 1.807) is 6.07 Å². The Labute approximate surface area is 125 Å². The Hall–Kier alpha value is -1.46. The Kier molecular flexibility index (Phi) is 5.31. The summed E-state index contributed by atoms with van der Waals surface area (Å²) in [7, 11) is 5.46. The number of carbonyl (C=O) groups is 1. The number of piperidine rings is 1. The van der Waals surface area contributed by atoms with E-state index in [2.05, 4.69) is 28.6 Å². The molecule has 0 unspecified atom stereocenters. The monoisotopic (exact) mass is 294 g/mol. The van der Waals surface area contributed by atoms with Gasteiger partial charge in [-0.05, 0) is 57.7 Å². The molecule has 0 aliphatic carbocycles. The highest BCUT2D eigenvalue weighted by Gasteiger charge is 2.21. The van der Waals surface area contributed by atoms with Crippen molar-refractivity contribution in [2.45, 2.75) is 25.4 Å². The Morgan fingerprint density at radius 2 is 2.10 bits per heavy atom. The highest BCUT2D eigenvalue weighted by atomic mass is 19.1. The largest absolute Gasteiger partial charge is 0.465 e. The predicted octanol–water partition coefficient (Wildman–Crippen LogP) is 2.14. The minimum absolute atomic E-state index is 0.0109. The number of carbonyl (C=O) groups excluding carboxylic acids is 1. The van der Waals surface area contributed by atoms with E-state index in [0.717, 1.165) is 31.5 Å². The van der Waals surface area contributed by atoms with E-state index in [4.69, 9.17) is 0 Å². The molecule has 1 saturated heterocycles. The number of ether oxygens (including phenoxy) is 1. The molecule has 1 aromatic carbocycles. The van der Waals surface area contributed by atoms with E-state index in [1.165, 1.54) is 19.2 Å². The summed E-state index contributed by atoms with van der Waals surface area (Å²) < 4.78 is 18.5. The summed E-state index contributed by atoms with van der Waals surface area (Å²) in [6.45, 7) is 2.89. The van der Waals surface area contributed by atoms with Crippen LogP contribution in [0.3, 0.4) is 0 Å². The number of hydrogen-bond donors (Lipinski definition) is 0. The van der Waals surface area contributed by atoms with Crippen molar-refractivity contribution in [3.8, 4) is 0 Å². The van der Waals surface area contributed by atoms with E-state index in [0.29, 0.717) is 12.6 Å². The molecule has 0 amide bonds. The van der Waals surface area contributed by atoms with Gasteiger partial charge >= 0.3 is 5.97 Å². The molecule has 0 radical (unpaired) electrons. The first kappa shape index (κ1) is 15.9. The smallest absolute Gasteiger partial charge is 0.340 e. The van der Waals surface area contributed by atoms with E-state index in [1.807, 2.05) is 0 Å². The van der Waals surface area contributed by atoms with Crippen LogP contribution in [0, 0.1) is 5.82 Å². The molecule has 2 rings (SSSR count). The first-order valence-electron chi connectivity index (χ1n) is 7.26. The normalized spacial score (nSPS) is 17.2. The summed E-state index contributed by atoms with van der Waals surface area (Å²) in [4.78, 5) is 16.0. The maximum Gasteiger partial charge on any atom is 0.340 e.